The number of nitrogens with one attached hydrogen (secondary N) is 1. The molecule has 0 fully saturated rings. The van der Waals surface area contributed by atoms with E-state index in [4.69, 9.17) is 21.1 Å². The van der Waals surface area contributed by atoms with E-state index in [1.807, 2.05) is 0 Å². The normalized spacial score (nSPS) is 10.3. The molecule has 5 nitrogen and oxygen atoms in total. The van der Waals surface area contributed by atoms with Gasteiger partial charge in [0.1, 0.15) is 5.76 Å². The lowest BCUT2D eigenvalue weighted by molar-refractivity contribution is 0.0698. The van der Waals surface area contributed by atoms with E-state index in [1.54, 1.807) is 25.3 Å². The first kappa shape index (κ1) is 12.4. The lowest BCUT2D eigenvalue weighted by Crippen LogP contribution is -2.06. The van der Waals surface area contributed by atoms with Crippen LogP contribution in [-0.4, -0.2) is 16.1 Å². The summed E-state index contributed by atoms with van der Waals surface area (Å²) in [5.41, 5.74) is 0.591. The number of aryl methyl sites for hydroxylation is 1. The molecular weight excluding hydrogens is 256 g/mol. The molecule has 0 bridgehead atoms. The Morgan fingerprint density at radius 3 is 2.94 bits per heavy atom. The lowest BCUT2D eigenvalue weighted by atomic mass is 10.2. The predicted molar refractivity (Wildman–Crippen MR) is 67.0 cm³/mol. The third-order valence-electron chi connectivity index (χ3n) is 2.31. The highest BCUT2D eigenvalue weighted by molar-refractivity contribution is 6.31. The number of benzene rings is 1. The minimum Gasteiger partial charge on any atom is -0.478 e. The SMILES string of the molecule is Cc1cnc(CNc2ccc(Cl)cc2C(=O)O)o1. The topological polar surface area (TPSA) is 75.4 Å². The quantitative estimate of drug-likeness (QED) is 0.890. The van der Waals surface area contributed by atoms with Gasteiger partial charge in [0.15, 0.2) is 0 Å². The molecule has 0 amide bonds. The van der Waals surface area contributed by atoms with E-state index in [9.17, 15) is 4.79 Å². The molecule has 2 aromatic rings. The van der Waals surface area contributed by atoms with Gasteiger partial charge in [-0.15, -0.1) is 0 Å². The van der Waals surface area contributed by atoms with Crippen LogP contribution in [0.2, 0.25) is 5.02 Å². The number of rotatable bonds is 4. The minimum atomic E-state index is -1.04. The Labute approximate surface area is 108 Å². The molecule has 0 unspecified atom stereocenters. The van der Waals surface area contributed by atoms with Crippen molar-refractivity contribution in [1.82, 2.24) is 4.98 Å². The summed E-state index contributed by atoms with van der Waals surface area (Å²) < 4.78 is 5.28. The number of hydrogen-bond donors (Lipinski definition) is 2. The Bertz CT molecular complexity index is 580. The smallest absolute Gasteiger partial charge is 0.337 e. The first-order valence-electron chi connectivity index (χ1n) is 5.24. The summed E-state index contributed by atoms with van der Waals surface area (Å²) in [7, 11) is 0. The summed E-state index contributed by atoms with van der Waals surface area (Å²) >= 11 is 5.76. The van der Waals surface area contributed by atoms with Gasteiger partial charge in [-0.2, -0.15) is 0 Å². The van der Waals surface area contributed by atoms with E-state index in [2.05, 4.69) is 10.3 Å². The summed E-state index contributed by atoms with van der Waals surface area (Å²) in [6.45, 7) is 2.11. The summed E-state index contributed by atoms with van der Waals surface area (Å²) in [6, 6.07) is 4.63. The zero-order valence-electron chi connectivity index (χ0n) is 9.61. The zero-order chi connectivity index (χ0) is 13.1. The standard InChI is InChI=1S/C12H11ClN2O3/c1-7-5-15-11(18-7)6-14-10-3-2-8(13)4-9(10)12(16)17/h2-5,14H,6H2,1H3,(H,16,17). The second kappa shape index (κ2) is 5.10. The van der Waals surface area contributed by atoms with E-state index >= 15 is 0 Å². The molecule has 0 saturated heterocycles. The number of hydrogen-bond acceptors (Lipinski definition) is 4. The largest absolute Gasteiger partial charge is 0.478 e. The zero-order valence-corrected chi connectivity index (χ0v) is 10.4. The number of aromatic carboxylic acids is 1. The molecule has 1 aromatic heterocycles. The van der Waals surface area contributed by atoms with E-state index < -0.39 is 5.97 Å². The Balaban J connectivity index is 2.16. The third-order valence-corrected chi connectivity index (χ3v) is 2.55. The summed E-state index contributed by atoms with van der Waals surface area (Å²) in [4.78, 5) is 15.1. The maximum atomic E-state index is 11.1. The van der Waals surface area contributed by atoms with Gasteiger partial charge in [0.2, 0.25) is 5.89 Å². The van der Waals surface area contributed by atoms with Crippen molar-refractivity contribution < 1.29 is 14.3 Å². The van der Waals surface area contributed by atoms with Crippen LogP contribution < -0.4 is 5.32 Å². The van der Waals surface area contributed by atoms with Crippen LogP contribution in [0.3, 0.4) is 0 Å². The van der Waals surface area contributed by atoms with Crippen molar-refractivity contribution in [3.8, 4) is 0 Å². The molecule has 0 saturated carbocycles. The molecule has 0 aliphatic carbocycles. The molecular formula is C12H11ClN2O3. The van der Waals surface area contributed by atoms with Crippen molar-refractivity contribution in [2.45, 2.75) is 13.5 Å². The second-order valence-electron chi connectivity index (χ2n) is 3.71. The number of halogens is 1. The van der Waals surface area contributed by atoms with Gasteiger partial charge >= 0.3 is 5.97 Å². The number of aromatic nitrogens is 1. The Hall–Kier alpha value is -2.01. The van der Waals surface area contributed by atoms with Gasteiger partial charge in [-0.25, -0.2) is 9.78 Å². The van der Waals surface area contributed by atoms with E-state index in [1.165, 1.54) is 6.07 Å². The first-order chi connectivity index (χ1) is 8.56. The van der Waals surface area contributed by atoms with E-state index in [-0.39, 0.29) is 5.56 Å². The van der Waals surface area contributed by atoms with Crippen molar-refractivity contribution >= 4 is 23.3 Å². The predicted octanol–water partition coefficient (Wildman–Crippen LogP) is 2.95. The van der Waals surface area contributed by atoms with E-state index in [0.29, 0.717) is 28.9 Å². The maximum Gasteiger partial charge on any atom is 0.337 e. The fourth-order valence-corrected chi connectivity index (χ4v) is 1.67. The molecule has 1 heterocycles. The molecule has 0 aliphatic heterocycles. The summed E-state index contributed by atoms with van der Waals surface area (Å²) in [5.74, 6) is 0.170. The van der Waals surface area contributed by atoms with Crippen molar-refractivity contribution in [1.29, 1.82) is 0 Å². The minimum absolute atomic E-state index is 0.116. The van der Waals surface area contributed by atoms with Crippen LogP contribution >= 0.6 is 11.6 Å². The average Bonchev–Trinajstić information content (AvgIpc) is 2.73. The van der Waals surface area contributed by atoms with Crippen LogP contribution in [-0.2, 0) is 6.54 Å². The number of carboxylic acid groups (broad SMARTS) is 1. The van der Waals surface area contributed by atoms with Crippen molar-refractivity contribution in [2.24, 2.45) is 0 Å². The number of carboxylic acids is 1. The number of anilines is 1. The monoisotopic (exact) mass is 266 g/mol. The highest BCUT2D eigenvalue weighted by Crippen LogP contribution is 2.21. The molecule has 2 rings (SSSR count). The summed E-state index contributed by atoms with van der Waals surface area (Å²) in [5, 5.41) is 12.4. The van der Waals surface area contributed by atoms with Crippen molar-refractivity contribution in [2.75, 3.05) is 5.32 Å². The van der Waals surface area contributed by atoms with Crippen LogP contribution in [0.1, 0.15) is 22.0 Å². The van der Waals surface area contributed by atoms with Crippen LogP contribution in [0.5, 0.6) is 0 Å². The molecule has 0 aliphatic rings. The molecule has 6 heteroatoms. The molecule has 0 radical (unpaired) electrons. The van der Waals surface area contributed by atoms with Crippen molar-refractivity contribution in [3.63, 3.8) is 0 Å². The highest BCUT2D eigenvalue weighted by atomic mass is 35.5. The molecule has 0 atom stereocenters. The molecule has 1 aromatic carbocycles. The molecule has 2 N–H and O–H groups in total. The van der Waals surface area contributed by atoms with Crippen LogP contribution in [0.4, 0.5) is 5.69 Å². The first-order valence-corrected chi connectivity index (χ1v) is 5.62. The van der Waals surface area contributed by atoms with Crippen LogP contribution in [0.25, 0.3) is 0 Å². The average molecular weight is 267 g/mol. The van der Waals surface area contributed by atoms with Gasteiger partial charge in [-0.1, -0.05) is 11.6 Å². The Morgan fingerprint density at radius 1 is 1.56 bits per heavy atom. The number of nitrogens with zero attached hydrogens (tertiary/aromatic N) is 1. The van der Waals surface area contributed by atoms with Crippen LogP contribution in [0.15, 0.2) is 28.8 Å². The second-order valence-corrected chi connectivity index (χ2v) is 4.15. The highest BCUT2D eigenvalue weighted by Gasteiger charge is 2.11. The van der Waals surface area contributed by atoms with Gasteiger partial charge in [0.25, 0.3) is 0 Å². The van der Waals surface area contributed by atoms with Crippen LogP contribution in [0, 0.1) is 6.92 Å². The van der Waals surface area contributed by atoms with Gasteiger partial charge < -0.3 is 14.8 Å². The Morgan fingerprint density at radius 2 is 2.33 bits per heavy atom. The molecule has 18 heavy (non-hydrogen) atoms. The van der Waals surface area contributed by atoms with Gasteiger partial charge in [0, 0.05) is 10.7 Å². The van der Waals surface area contributed by atoms with Gasteiger partial charge in [-0.3, -0.25) is 0 Å². The summed E-state index contributed by atoms with van der Waals surface area (Å²) in [6.07, 6.45) is 1.61. The fourth-order valence-electron chi connectivity index (χ4n) is 1.50. The maximum absolute atomic E-state index is 11.1. The third kappa shape index (κ3) is 2.81. The molecule has 0 spiro atoms. The number of carbonyl (C=O) groups is 1. The number of oxazole rings is 1. The fraction of sp³-hybridized carbons (Fsp3) is 0.167. The van der Waals surface area contributed by atoms with E-state index in [0.717, 1.165) is 0 Å². The van der Waals surface area contributed by atoms with Gasteiger partial charge in [0.05, 0.1) is 18.3 Å². The Kier molecular flexibility index (Phi) is 3.53. The van der Waals surface area contributed by atoms with Gasteiger partial charge in [-0.05, 0) is 25.1 Å². The van der Waals surface area contributed by atoms with Crippen molar-refractivity contribution in [3.05, 3.63) is 46.6 Å². The molecule has 94 valence electrons. The lowest BCUT2D eigenvalue weighted by Gasteiger charge is -2.08.